The average molecular weight is 414 g/mol. The summed E-state index contributed by atoms with van der Waals surface area (Å²) in [6.45, 7) is 0. The fourth-order valence-corrected chi connectivity index (χ4v) is 3.07. The number of carboxylic acid groups (broad SMARTS) is 1. The average Bonchev–Trinajstić information content (AvgIpc) is 2.38. The number of carboxylic acids is 1. The van der Waals surface area contributed by atoms with E-state index < -0.39 is 5.97 Å². The topological polar surface area (TPSA) is 77.8 Å². The standard InChI is InChI=1S/C15H10Br2O4/c16-10-5-9(6-11(17)7-10)12(15(20)21)3-8-1-2-13(18)14(19)4-8/h1-7,18-19H,(H,20,21)/b12-3+. The number of hydrogen-bond donors (Lipinski definition) is 3. The normalized spacial score (nSPS) is 11.4. The summed E-state index contributed by atoms with van der Waals surface area (Å²) in [6.07, 6.45) is 1.43. The molecule has 3 N–H and O–H groups in total. The molecular formula is C15H10Br2O4. The Morgan fingerprint density at radius 3 is 2.10 bits per heavy atom. The van der Waals surface area contributed by atoms with Gasteiger partial charge in [0.1, 0.15) is 0 Å². The van der Waals surface area contributed by atoms with Crippen LogP contribution in [0, 0.1) is 0 Å². The van der Waals surface area contributed by atoms with Gasteiger partial charge in [-0.05, 0) is 47.5 Å². The van der Waals surface area contributed by atoms with Crippen molar-refractivity contribution < 1.29 is 20.1 Å². The third kappa shape index (κ3) is 3.86. The molecule has 108 valence electrons. The van der Waals surface area contributed by atoms with Crippen LogP contribution >= 0.6 is 31.9 Å². The number of aliphatic carboxylic acids is 1. The summed E-state index contributed by atoms with van der Waals surface area (Å²) in [7, 11) is 0. The summed E-state index contributed by atoms with van der Waals surface area (Å²) in [5.74, 6) is -1.65. The van der Waals surface area contributed by atoms with Crippen molar-refractivity contribution in [3.8, 4) is 11.5 Å². The van der Waals surface area contributed by atoms with Crippen LogP contribution in [0.3, 0.4) is 0 Å². The van der Waals surface area contributed by atoms with Gasteiger partial charge in [0.15, 0.2) is 11.5 Å². The molecule has 0 spiro atoms. The third-order valence-corrected chi connectivity index (χ3v) is 3.63. The molecule has 0 fully saturated rings. The minimum Gasteiger partial charge on any atom is -0.504 e. The van der Waals surface area contributed by atoms with Crippen molar-refractivity contribution in [2.45, 2.75) is 0 Å². The van der Waals surface area contributed by atoms with Crippen LogP contribution < -0.4 is 0 Å². The lowest BCUT2D eigenvalue weighted by molar-refractivity contribution is -0.130. The van der Waals surface area contributed by atoms with Crippen molar-refractivity contribution in [1.29, 1.82) is 0 Å². The molecule has 0 aliphatic heterocycles. The highest BCUT2D eigenvalue weighted by Crippen LogP contribution is 2.29. The van der Waals surface area contributed by atoms with Crippen molar-refractivity contribution in [2.24, 2.45) is 0 Å². The lowest BCUT2D eigenvalue weighted by atomic mass is 10.0. The number of carbonyl (C=O) groups is 1. The van der Waals surface area contributed by atoms with Gasteiger partial charge in [-0.25, -0.2) is 4.79 Å². The van der Waals surface area contributed by atoms with Gasteiger partial charge >= 0.3 is 5.97 Å². The first-order valence-corrected chi connectivity index (χ1v) is 7.39. The highest BCUT2D eigenvalue weighted by atomic mass is 79.9. The monoisotopic (exact) mass is 412 g/mol. The second-order valence-corrected chi connectivity index (χ2v) is 6.10. The van der Waals surface area contributed by atoms with Gasteiger partial charge in [0.2, 0.25) is 0 Å². The summed E-state index contributed by atoms with van der Waals surface area (Å²) in [4.78, 5) is 11.5. The van der Waals surface area contributed by atoms with Gasteiger partial charge in [0.05, 0.1) is 5.57 Å². The molecule has 0 saturated heterocycles. The fourth-order valence-electron chi connectivity index (χ4n) is 1.77. The second-order valence-electron chi connectivity index (χ2n) is 4.27. The molecule has 0 bridgehead atoms. The lowest BCUT2D eigenvalue weighted by Gasteiger charge is -2.06. The van der Waals surface area contributed by atoms with Crippen LogP contribution in [0.5, 0.6) is 11.5 Å². The molecule has 6 heteroatoms. The van der Waals surface area contributed by atoms with Crippen LogP contribution in [0.15, 0.2) is 45.3 Å². The largest absolute Gasteiger partial charge is 0.504 e. The van der Waals surface area contributed by atoms with E-state index in [-0.39, 0.29) is 17.1 Å². The minimum absolute atomic E-state index is 0.0714. The summed E-state index contributed by atoms with van der Waals surface area (Å²) in [5.41, 5.74) is 1.05. The molecule has 0 amide bonds. The van der Waals surface area contributed by atoms with E-state index in [1.54, 1.807) is 18.2 Å². The molecule has 0 heterocycles. The van der Waals surface area contributed by atoms with E-state index in [9.17, 15) is 20.1 Å². The number of phenolic OH excluding ortho intramolecular Hbond substituents is 2. The van der Waals surface area contributed by atoms with Gasteiger partial charge in [-0.2, -0.15) is 0 Å². The Morgan fingerprint density at radius 2 is 1.57 bits per heavy atom. The van der Waals surface area contributed by atoms with Gasteiger partial charge in [-0.3, -0.25) is 0 Å². The van der Waals surface area contributed by atoms with E-state index in [2.05, 4.69) is 31.9 Å². The number of aromatic hydroxyl groups is 2. The molecule has 2 aromatic rings. The first-order valence-electron chi connectivity index (χ1n) is 5.80. The summed E-state index contributed by atoms with van der Waals surface area (Å²) >= 11 is 6.63. The molecule has 0 radical (unpaired) electrons. The Balaban J connectivity index is 2.54. The first kappa shape index (κ1) is 15.6. The number of rotatable bonds is 3. The van der Waals surface area contributed by atoms with Crippen LogP contribution in [0.25, 0.3) is 11.6 Å². The number of hydrogen-bond acceptors (Lipinski definition) is 3. The van der Waals surface area contributed by atoms with E-state index >= 15 is 0 Å². The SMILES string of the molecule is O=C(O)/C(=C/c1ccc(O)c(O)c1)c1cc(Br)cc(Br)c1. The molecule has 21 heavy (non-hydrogen) atoms. The molecule has 0 unspecified atom stereocenters. The Morgan fingerprint density at radius 1 is 0.952 bits per heavy atom. The predicted molar refractivity (Wildman–Crippen MR) is 87.1 cm³/mol. The summed E-state index contributed by atoms with van der Waals surface area (Å²) < 4.78 is 1.49. The minimum atomic E-state index is -1.09. The molecule has 0 aromatic heterocycles. The zero-order chi connectivity index (χ0) is 15.6. The maximum Gasteiger partial charge on any atom is 0.336 e. The van der Waals surface area contributed by atoms with Gasteiger partial charge in [0, 0.05) is 8.95 Å². The van der Waals surface area contributed by atoms with Gasteiger partial charge < -0.3 is 15.3 Å². The van der Waals surface area contributed by atoms with E-state index in [4.69, 9.17) is 0 Å². The Labute approximate surface area is 137 Å². The predicted octanol–water partition coefficient (Wildman–Crippen LogP) is 4.25. The first-order chi connectivity index (χ1) is 9.86. The van der Waals surface area contributed by atoms with Crippen molar-refractivity contribution in [1.82, 2.24) is 0 Å². The van der Waals surface area contributed by atoms with E-state index in [1.165, 1.54) is 24.3 Å². The molecule has 4 nitrogen and oxygen atoms in total. The smallest absolute Gasteiger partial charge is 0.336 e. The zero-order valence-corrected chi connectivity index (χ0v) is 13.7. The molecule has 2 aromatic carbocycles. The van der Waals surface area contributed by atoms with Crippen LogP contribution in [0.2, 0.25) is 0 Å². The van der Waals surface area contributed by atoms with Crippen molar-refractivity contribution >= 4 is 49.5 Å². The fraction of sp³-hybridized carbons (Fsp3) is 0. The Kier molecular flexibility index (Phi) is 4.69. The van der Waals surface area contributed by atoms with Gasteiger partial charge in [-0.15, -0.1) is 0 Å². The third-order valence-electron chi connectivity index (χ3n) is 2.71. The summed E-state index contributed by atoms with van der Waals surface area (Å²) in [5, 5.41) is 28.1. The number of halogens is 2. The van der Waals surface area contributed by atoms with Crippen LogP contribution in [-0.2, 0) is 4.79 Å². The van der Waals surface area contributed by atoms with Crippen molar-refractivity contribution in [3.05, 3.63) is 56.5 Å². The molecule has 0 aliphatic carbocycles. The maximum atomic E-state index is 11.5. The molecule has 0 saturated carbocycles. The van der Waals surface area contributed by atoms with Crippen molar-refractivity contribution in [2.75, 3.05) is 0 Å². The van der Waals surface area contributed by atoms with Gasteiger partial charge in [0.25, 0.3) is 0 Å². The van der Waals surface area contributed by atoms with E-state index in [0.29, 0.717) is 11.1 Å². The zero-order valence-electron chi connectivity index (χ0n) is 10.5. The molecule has 0 aliphatic rings. The van der Waals surface area contributed by atoms with Crippen molar-refractivity contribution in [3.63, 3.8) is 0 Å². The number of benzene rings is 2. The Hall–Kier alpha value is -1.79. The Bertz CT molecular complexity index is 718. The molecule has 2 rings (SSSR count). The highest BCUT2D eigenvalue weighted by molar-refractivity contribution is 9.11. The lowest BCUT2D eigenvalue weighted by Crippen LogP contribution is -1.99. The molecular weight excluding hydrogens is 404 g/mol. The van der Waals surface area contributed by atoms with Crippen LogP contribution in [0.1, 0.15) is 11.1 Å². The maximum absolute atomic E-state index is 11.5. The van der Waals surface area contributed by atoms with Gasteiger partial charge in [-0.1, -0.05) is 37.9 Å². The summed E-state index contributed by atoms with van der Waals surface area (Å²) in [6, 6.07) is 9.29. The number of phenols is 2. The molecule has 0 atom stereocenters. The quantitative estimate of drug-likeness (QED) is 0.399. The van der Waals surface area contributed by atoms with E-state index in [1.807, 2.05) is 0 Å². The van der Waals surface area contributed by atoms with Crippen LogP contribution in [-0.4, -0.2) is 21.3 Å². The highest BCUT2D eigenvalue weighted by Gasteiger charge is 2.12. The van der Waals surface area contributed by atoms with E-state index in [0.717, 1.165) is 8.95 Å². The van der Waals surface area contributed by atoms with Crippen LogP contribution in [0.4, 0.5) is 0 Å². The second kappa shape index (κ2) is 6.32.